The van der Waals surface area contributed by atoms with Crippen molar-refractivity contribution in [2.24, 2.45) is 0 Å². The van der Waals surface area contributed by atoms with Crippen molar-refractivity contribution in [3.63, 3.8) is 0 Å². The zero-order valence-electron chi connectivity index (χ0n) is 17.3. The zero-order valence-corrected chi connectivity index (χ0v) is 18.1. The molecule has 9 heteroatoms. The van der Waals surface area contributed by atoms with E-state index in [9.17, 15) is 19.2 Å². The van der Waals surface area contributed by atoms with Gasteiger partial charge in [0.05, 0.1) is 22.4 Å². The van der Waals surface area contributed by atoms with Crippen molar-refractivity contribution in [2.45, 2.75) is 0 Å². The molecule has 166 valence electrons. The van der Waals surface area contributed by atoms with Gasteiger partial charge < -0.3 is 15.1 Å². The lowest BCUT2D eigenvalue weighted by atomic mass is 10.1. The average Bonchev–Trinajstić information content (AvgIpc) is 3.45. The van der Waals surface area contributed by atoms with Crippen LogP contribution in [0.25, 0.3) is 6.08 Å². The minimum atomic E-state index is -0.483. The maximum Gasteiger partial charge on any atom is 0.293 e. The van der Waals surface area contributed by atoms with Crippen molar-refractivity contribution in [1.29, 1.82) is 0 Å². The SMILES string of the molecule is O=C(Nc1ccccc1C(=O)NCCN1C(=O)S/C(=C\c2ccccc2)C1=O)c1ccco1. The van der Waals surface area contributed by atoms with Crippen molar-refractivity contribution in [2.75, 3.05) is 18.4 Å². The van der Waals surface area contributed by atoms with Gasteiger partial charge in [-0.1, -0.05) is 42.5 Å². The van der Waals surface area contributed by atoms with Gasteiger partial charge in [-0.2, -0.15) is 0 Å². The highest BCUT2D eigenvalue weighted by molar-refractivity contribution is 8.18. The highest BCUT2D eigenvalue weighted by Crippen LogP contribution is 2.31. The van der Waals surface area contributed by atoms with Gasteiger partial charge in [-0.15, -0.1) is 0 Å². The van der Waals surface area contributed by atoms with Crippen LogP contribution in [0.5, 0.6) is 0 Å². The molecule has 1 aliphatic rings. The Morgan fingerprint density at radius 2 is 1.70 bits per heavy atom. The molecule has 2 N–H and O–H groups in total. The summed E-state index contributed by atoms with van der Waals surface area (Å²) in [6.45, 7) is 0.0966. The highest BCUT2D eigenvalue weighted by atomic mass is 32.2. The van der Waals surface area contributed by atoms with E-state index in [0.29, 0.717) is 10.6 Å². The number of thioether (sulfide) groups is 1. The van der Waals surface area contributed by atoms with E-state index in [-0.39, 0.29) is 29.7 Å². The van der Waals surface area contributed by atoms with Crippen molar-refractivity contribution in [3.8, 4) is 0 Å². The number of hydrogen-bond donors (Lipinski definition) is 2. The van der Waals surface area contributed by atoms with Crippen LogP contribution in [0.2, 0.25) is 0 Å². The van der Waals surface area contributed by atoms with Crippen LogP contribution in [0, 0.1) is 0 Å². The molecule has 1 saturated heterocycles. The van der Waals surface area contributed by atoms with Crippen LogP contribution in [0.15, 0.2) is 82.3 Å². The van der Waals surface area contributed by atoms with Gasteiger partial charge in [-0.25, -0.2) is 0 Å². The summed E-state index contributed by atoms with van der Waals surface area (Å²) in [5, 5.41) is 4.95. The normalized spacial score (nSPS) is 14.5. The summed E-state index contributed by atoms with van der Waals surface area (Å²) < 4.78 is 5.07. The smallest absolute Gasteiger partial charge is 0.293 e. The third kappa shape index (κ3) is 5.21. The Morgan fingerprint density at radius 1 is 0.939 bits per heavy atom. The number of furan rings is 1. The molecule has 2 aromatic carbocycles. The molecule has 2 heterocycles. The molecule has 1 aromatic heterocycles. The first kappa shape index (κ1) is 22.1. The first-order chi connectivity index (χ1) is 16.0. The van der Waals surface area contributed by atoms with Gasteiger partial charge in [-0.3, -0.25) is 24.1 Å². The van der Waals surface area contributed by atoms with Crippen molar-refractivity contribution < 1.29 is 23.6 Å². The third-order valence-corrected chi connectivity index (χ3v) is 5.66. The van der Waals surface area contributed by atoms with Gasteiger partial charge in [0, 0.05) is 13.1 Å². The molecule has 4 rings (SSSR count). The number of nitrogens with zero attached hydrogens (tertiary/aromatic N) is 1. The summed E-state index contributed by atoms with van der Waals surface area (Å²) in [5.74, 6) is -1.21. The molecule has 0 saturated carbocycles. The van der Waals surface area contributed by atoms with E-state index in [1.54, 1.807) is 36.4 Å². The van der Waals surface area contributed by atoms with E-state index in [1.807, 2.05) is 30.3 Å². The Bertz CT molecular complexity index is 1220. The van der Waals surface area contributed by atoms with Crippen LogP contribution in [-0.2, 0) is 4.79 Å². The molecule has 1 aliphatic heterocycles. The van der Waals surface area contributed by atoms with Crippen LogP contribution in [0.1, 0.15) is 26.5 Å². The molecule has 0 unspecified atom stereocenters. The molecule has 0 bridgehead atoms. The number of imide groups is 1. The van der Waals surface area contributed by atoms with E-state index in [2.05, 4.69) is 10.6 Å². The fraction of sp³-hybridized carbons (Fsp3) is 0.0833. The van der Waals surface area contributed by atoms with Crippen LogP contribution >= 0.6 is 11.8 Å². The maximum atomic E-state index is 12.7. The Balaban J connectivity index is 1.36. The van der Waals surface area contributed by atoms with Crippen molar-refractivity contribution in [3.05, 3.63) is 94.8 Å². The number of hydrogen-bond acceptors (Lipinski definition) is 6. The van der Waals surface area contributed by atoms with Gasteiger partial charge in [-0.05, 0) is 47.7 Å². The van der Waals surface area contributed by atoms with Crippen LogP contribution < -0.4 is 10.6 Å². The largest absolute Gasteiger partial charge is 0.459 e. The number of carbonyl (C=O) groups is 4. The van der Waals surface area contributed by atoms with Gasteiger partial charge in [0.15, 0.2) is 5.76 Å². The van der Waals surface area contributed by atoms with E-state index < -0.39 is 17.7 Å². The minimum Gasteiger partial charge on any atom is -0.459 e. The second-order valence-electron chi connectivity index (χ2n) is 6.98. The molecular weight excluding hydrogens is 442 g/mol. The van der Waals surface area contributed by atoms with Crippen LogP contribution in [0.3, 0.4) is 0 Å². The number of amides is 4. The Hall–Kier alpha value is -4.11. The predicted molar refractivity (Wildman–Crippen MR) is 125 cm³/mol. The van der Waals surface area contributed by atoms with Gasteiger partial charge >= 0.3 is 0 Å². The number of nitrogens with one attached hydrogen (secondary N) is 2. The summed E-state index contributed by atoms with van der Waals surface area (Å²) in [7, 11) is 0. The van der Waals surface area contributed by atoms with Gasteiger partial charge in [0.1, 0.15) is 0 Å². The molecule has 0 radical (unpaired) electrons. The van der Waals surface area contributed by atoms with E-state index in [1.165, 1.54) is 12.3 Å². The van der Waals surface area contributed by atoms with E-state index in [0.717, 1.165) is 22.2 Å². The standard InChI is InChI=1S/C24H19N3O5S/c28-21(17-9-4-5-10-18(17)26-22(29)19-11-6-14-32-19)25-12-13-27-23(30)20(33-24(27)31)15-16-7-2-1-3-8-16/h1-11,14-15H,12-13H2,(H,25,28)(H,26,29)/b20-15-. The number of carbonyl (C=O) groups excluding carboxylic acids is 4. The molecule has 1 fully saturated rings. The molecule has 33 heavy (non-hydrogen) atoms. The lowest BCUT2D eigenvalue weighted by Gasteiger charge is -2.14. The lowest BCUT2D eigenvalue weighted by Crippen LogP contribution is -2.37. The van der Waals surface area contributed by atoms with E-state index in [4.69, 9.17) is 4.42 Å². The second kappa shape index (κ2) is 10.0. The third-order valence-electron chi connectivity index (χ3n) is 4.76. The monoisotopic (exact) mass is 461 g/mol. The van der Waals surface area contributed by atoms with Gasteiger partial charge in [0.25, 0.3) is 23.0 Å². The van der Waals surface area contributed by atoms with Gasteiger partial charge in [0.2, 0.25) is 0 Å². The number of benzene rings is 2. The fourth-order valence-electron chi connectivity index (χ4n) is 3.15. The first-order valence-corrected chi connectivity index (χ1v) is 10.9. The Labute approximate surface area is 193 Å². The molecular formula is C24H19N3O5S. The summed E-state index contributed by atoms with van der Waals surface area (Å²) in [5.41, 5.74) is 1.38. The summed E-state index contributed by atoms with van der Waals surface area (Å²) >= 11 is 0.869. The predicted octanol–water partition coefficient (Wildman–Crippen LogP) is 4.00. The summed E-state index contributed by atoms with van der Waals surface area (Å²) in [6, 6.07) is 18.9. The molecule has 8 nitrogen and oxygen atoms in total. The maximum absolute atomic E-state index is 12.7. The molecule has 0 spiro atoms. The summed E-state index contributed by atoms with van der Waals surface area (Å²) in [6.07, 6.45) is 3.05. The summed E-state index contributed by atoms with van der Waals surface area (Å²) in [4.78, 5) is 51.2. The highest BCUT2D eigenvalue weighted by Gasteiger charge is 2.34. The van der Waals surface area contributed by atoms with Crippen molar-refractivity contribution in [1.82, 2.24) is 10.2 Å². The average molecular weight is 461 g/mol. The molecule has 3 aromatic rings. The Kier molecular flexibility index (Phi) is 6.70. The molecule has 4 amide bonds. The zero-order chi connectivity index (χ0) is 23.2. The fourth-order valence-corrected chi connectivity index (χ4v) is 4.02. The quantitative estimate of drug-likeness (QED) is 0.515. The van der Waals surface area contributed by atoms with Crippen LogP contribution in [-0.4, -0.2) is 41.0 Å². The minimum absolute atomic E-state index is 0.0312. The van der Waals surface area contributed by atoms with Crippen LogP contribution in [0.4, 0.5) is 10.5 Å². The van der Waals surface area contributed by atoms with Crippen molar-refractivity contribution >= 4 is 46.5 Å². The topological polar surface area (TPSA) is 109 Å². The number of anilines is 1. The molecule has 0 aliphatic carbocycles. The second-order valence-corrected chi connectivity index (χ2v) is 7.97. The first-order valence-electron chi connectivity index (χ1n) is 10.1. The number of para-hydroxylation sites is 1. The lowest BCUT2D eigenvalue weighted by molar-refractivity contribution is -0.122. The Morgan fingerprint density at radius 3 is 2.45 bits per heavy atom. The number of rotatable bonds is 7. The van der Waals surface area contributed by atoms with E-state index >= 15 is 0 Å². The molecule has 0 atom stereocenters.